The Kier molecular flexibility index (Phi) is 4.16. The fourth-order valence-corrected chi connectivity index (χ4v) is 2.73. The number of halogens is 1. The second kappa shape index (κ2) is 6.27. The minimum Gasteiger partial charge on any atom is -0.467 e. The molecule has 0 radical (unpaired) electrons. The van der Waals surface area contributed by atoms with Crippen LogP contribution in [0.5, 0.6) is 0 Å². The molecular weight excluding hydrogens is 315 g/mol. The molecule has 3 amide bonds. The largest absolute Gasteiger partial charge is 0.467 e. The molecule has 6 nitrogen and oxygen atoms in total. The van der Waals surface area contributed by atoms with Crippen molar-refractivity contribution in [3.63, 3.8) is 0 Å². The molecule has 1 aromatic carbocycles. The van der Waals surface area contributed by atoms with E-state index in [2.05, 4.69) is 0 Å². The van der Waals surface area contributed by atoms with E-state index in [-0.39, 0.29) is 24.6 Å². The van der Waals surface area contributed by atoms with Gasteiger partial charge in [-0.15, -0.1) is 0 Å². The van der Waals surface area contributed by atoms with Crippen LogP contribution in [0.4, 0.5) is 10.1 Å². The fourth-order valence-electron chi connectivity index (χ4n) is 2.73. The van der Waals surface area contributed by atoms with E-state index in [1.54, 1.807) is 12.1 Å². The van der Waals surface area contributed by atoms with Crippen LogP contribution < -0.4 is 4.90 Å². The minimum atomic E-state index is -0.898. The maximum Gasteiger partial charge on any atom is 0.257 e. The molecule has 124 valence electrons. The molecule has 1 aromatic heterocycles. The van der Waals surface area contributed by atoms with Crippen molar-refractivity contribution in [1.29, 1.82) is 0 Å². The number of nitrogens with zero attached hydrogens (tertiary/aromatic N) is 2. The highest BCUT2D eigenvalue weighted by Crippen LogP contribution is 2.27. The zero-order valence-corrected chi connectivity index (χ0v) is 12.9. The first kappa shape index (κ1) is 15.9. The molecule has 2 aromatic rings. The molecule has 0 saturated carbocycles. The van der Waals surface area contributed by atoms with Crippen LogP contribution in [-0.2, 0) is 20.9 Å². The van der Waals surface area contributed by atoms with Gasteiger partial charge in [0, 0.05) is 6.92 Å². The summed E-state index contributed by atoms with van der Waals surface area (Å²) in [4.78, 5) is 39.2. The van der Waals surface area contributed by atoms with Gasteiger partial charge in [0.05, 0.1) is 24.9 Å². The Morgan fingerprint density at radius 1 is 1.29 bits per heavy atom. The standard InChI is InChI=1S/C17H15FN2O4/c1-11(21)19(10-14-3-2-8-24-14)15-9-16(22)20(17(15)23)13-6-4-12(18)5-7-13/h2-8,15H,9-10H2,1H3/t15-/m0/s1. The topological polar surface area (TPSA) is 70.8 Å². The van der Waals surface area contributed by atoms with E-state index in [0.29, 0.717) is 5.76 Å². The van der Waals surface area contributed by atoms with Gasteiger partial charge < -0.3 is 9.32 Å². The number of rotatable bonds is 4. The third-order valence-electron chi connectivity index (χ3n) is 3.89. The summed E-state index contributed by atoms with van der Waals surface area (Å²) in [5, 5.41) is 0. The van der Waals surface area contributed by atoms with E-state index in [0.717, 1.165) is 4.90 Å². The lowest BCUT2D eigenvalue weighted by molar-refractivity contribution is -0.137. The Hall–Kier alpha value is -2.96. The van der Waals surface area contributed by atoms with Crippen LogP contribution in [-0.4, -0.2) is 28.7 Å². The molecule has 1 fully saturated rings. The molecular formula is C17H15FN2O4. The monoisotopic (exact) mass is 330 g/mol. The highest BCUT2D eigenvalue weighted by atomic mass is 19.1. The number of furan rings is 1. The average Bonchev–Trinajstić information content (AvgIpc) is 3.14. The predicted octanol–water partition coefficient (Wildman–Crippen LogP) is 2.10. The lowest BCUT2D eigenvalue weighted by Crippen LogP contribution is -2.44. The zero-order chi connectivity index (χ0) is 17.3. The summed E-state index contributed by atoms with van der Waals surface area (Å²) in [6.45, 7) is 1.44. The maximum atomic E-state index is 13.0. The van der Waals surface area contributed by atoms with Crippen LogP contribution in [0, 0.1) is 5.82 Å². The highest BCUT2D eigenvalue weighted by molar-refractivity contribution is 6.22. The number of imide groups is 1. The van der Waals surface area contributed by atoms with Crippen molar-refractivity contribution >= 4 is 23.4 Å². The summed E-state index contributed by atoms with van der Waals surface area (Å²) in [5.41, 5.74) is 0.287. The summed E-state index contributed by atoms with van der Waals surface area (Å²) in [6, 6.07) is 7.54. The summed E-state index contributed by atoms with van der Waals surface area (Å²) >= 11 is 0. The number of hydrogen-bond donors (Lipinski definition) is 0. The van der Waals surface area contributed by atoms with Crippen LogP contribution in [0.15, 0.2) is 47.1 Å². The molecule has 0 N–H and O–H groups in total. The fraction of sp³-hybridized carbons (Fsp3) is 0.235. The lowest BCUT2D eigenvalue weighted by atomic mass is 10.2. The van der Waals surface area contributed by atoms with Crippen molar-refractivity contribution in [2.45, 2.75) is 25.9 Å². The van der Waals surface area contributed by atoms with E-state index in [1.165, 1.54) is 42.4 Å². The molecule has 0 spiro atoms. The summed E-state index contributed by atoms with van der Waals surface area (Å²) in [5.74, 6) is -1.21. The van der Waals surface area contributed by atoms with E-state index in [4.69, 9.17) is 4.42 Å². The molecule has 0 aliphatic carbocycles. The lowest BCUT2D eigenvalue weighted by Gasteiger charge is -2.25. The third kappa shape index (κ3) is 2.92. The molecule has 1 aliphatic rings. The van der Waals surface area contributed by atoms with Crippen molar-refractivity contribution < 1.29 is 23.2 Å². The molecule has 1 atom stereocenters. The van der Waals surface area contributed by atoms with E-state index >= 15 is 0 Å². The SMILES string of the molecule is CC(=O)N(Cc1ccco1)[C@H]1CC(=O)N(c2ccc(F)cc2)C1=O. The predicted molar refractivity (Wildman–Crippen MR) is 82.2 cm³/mol. The van der Waals surface area contributed by atoms with Crippen LogP contribution >= 0.6 is 0 Å². The molecule has 1 aliphatic heterocycles. The summed E-state index contributed by atoms with van der Waals surface area (Å²) in [6.07, 6.45) is 1.36. The average molecular weight is 330 g/mol. The maximum absolute atomic E-state index is 13.0. The van der Waals surface area contributed by atoms with Crippen molar-refractivity contribution in [3.05, 3.63) is 54.2 Å². The van der Waals surface area contributed by atoms with Crippen molar-refractivity contribution in [2.75, 3.05) is 4.90 Å². The van der Waals surface area contributed by atoms with Crippen molar-refractivity contribution in [1.82, 2.24) is 4.90 Å². The van der Waals surface area contributed by atoms with Crippen LogP contribution in [0.2, 0.25) is 0 Å². The van der Waals surface area contributed by atoms with Crippen LogP contribution in [0.25, 0.3) is 0 Å². The molecule has 1 saturated heterocycles. The van der Waals surface area contributed by atoms with Crippen LogP contribution in [0.3, 0.4) is 0 Å². The first-order valence-corrected chi connectivity index (χ1v) is 7.39. The van der Waals surface area contributed by atoms with Gasteiger partial charge in [-0.3, -0.25) is 14.4 Å². The third-order valence-corrected chi connectivity index (χ3v) is 3.89. The summed E-state index contributed by atoms with van der Waals surface area (Å²) < 4.78 is 18.3. The van der Waals surface area contributed by atoms with Crippen molar-refractivity contribution in [3.8, 4) is 0 Å². The van der Waals surface area contributed by atoms with Gasteiger partial charge >= 0.3 is 0 Å². The smallest absolute Gasteiger partial charge is 0.257 e. The molecule has 0 bridgehead atoms. The number of hydrogen-bond acceptors (Lipinski definition) is 4. The van der Waals surface area contributed by atoms with Gasteiger partial charge in [-0.2, -0.15) is 0 Å². The van der Waals surface area contributed by atoms with Gasteiger partial charge in [-0.25, -0.2) is 9.29 Å². The summed E-state index contributed by atoms with van der Waals surface area (Å²) in [7, 11) is 0. The second-order valence-electron chi connectivity index (χ2n) is 5.49. The highest BCUT2D eigenvalue weighted by Gasteiger charge is 2.43. The number of amides is 3. The first-order valence-electron chi connectivity index (χ1n) is 7.39. The van der Waals surface area contributed by atoms with Gasteiger partial charge in [-0.05, 0) is 36.4 Å². The second-order valence-corrected chi connectivity index (χ2v) is 5.49. The quantitative estimate of drug-likeness (QED) is 0.805. The Morgan fingerprint density at radius 2 is 2.00 bits per heavy atom. The molecule has 2 heterocycles. The van der Waals surface area contributed by atoms with Gasteiger partial charge in [0.1, 0.15) is 17.6 Å². The van der Waals surface area contributed by atoms with E-state index in [1.807, 2.05) is 0 Å². The Bertz CT molecular complexity index is 770. The van der Waals surface area contributed by atoms with Crippen LogP contribution in [0.1, 0.15) is 19.1 Å². The zero-order valence-electron chi connectivity index (χ0n) is 12.9. The number of anilines is 1. The van der Waals surface area contributed by atoms with Gasteiger partial charge in [0.2, 0.25) is 11.8 Å². The molecule has 3 rings (SSSR count). The number of carbonyl (C=O) groups is 3. The molecule has 7 heteroatoms. The van der Waals surface area contributed by atoms with Crippen molar-refractivity contribution in [2.24, 2.45) is 0 Å². The van der Waals surface area contributed by atoms with Gasteiger partial charge in [-0.1, -0.05) is 0 Å². The van der Waals surface area contributed by atoms with Gasteiger partial charge in [0.15, 0.2) is 0 Å². The molecule has 24 heavy (non-hydrogen) atoms. The molecule has 0 unspecified atom stereocenters. The first-order chi connectivity index (χ1) is 11.5. The van der Waals surface area contributed by atoms with E-state index in [9.17, 15) is 18.8 Å². The van der Waals surface area contributed by atoms with Gasteiger partial charge in [0.25, 0.3) is 5.91 Å². The Morgan fingerprint density at radius 3 is 2.58 bits per heavy atom. The Balaban J connectivity index is 1.86. The van der Waals surface area contributed by atoms with E-state index < -0.39 is 23.7 Å². The number of carbonyl (C=O) groups excluding carboxylic acids is 3. The Labute approximate surface area is 137 Å². The normalized spacial score (nSPS) is 17.4. The minimum absolute atomic E-state index is 0.100. The number of benzene rings is 1.